The number of ether oxygens (including phenoxy) is 1. The molecule has 11 amide bonds. The van der Waals surface area contributed by atoms with Crippen molar-refractivity contribution in [2.75, 3.05) is 95.3 Å². The first-order valence-electron chi connectivity index (χ1n) is 33.7. The molecule has 3 saturated carbocycles. The van der Waals surface area contributed by atoms with Gasteiger partial charge in [-0.25, -0.2) is 0 Å². The summed E-state index contributed by atoms with van der Waals surface area (Å²) in [6.07, 6.45) is 4.19. The predicted molar refractivity (Wildman–Crippen MR) is 347 cm³/mol. The molecule has 0 bridgehead atoms. The first kappa shape index (κ1) is 77.4. The molecule has 0 unspecified atom stereocenters. The monoisotopic (exact) mass is 1360 g/mol. The Bertz CT molecular complexity index is 2920. The molecule has 0 aromatic heterocycles. The number of benzene rings is 1. The average molecular weight is 1360 g/mol. The van der Waals surface area contributed by atoms with Gasteiger partial charge in [-0.2, -0.15) is 13.2 Å². The number of fused-ring (bicyclic) bond motifs is 1. The molecule has 28 heteroatoms. The van der Waals surface area contributed by atoms with E-state index in [1.54, 1.807) is 6.92 Å². The highest BCUT2D eigenvalue weighted by Crippen LogP contribution is 2.38. The summed E-state index contributed by atoms with van der Waals surface area (Å²) < 4.78 is 47.4. The van der Waals surface area contributed by atoms with E-state index in [0.29, 0.717) is 44.1 Å². The fraction of sp³-hybridized carbons (Fsp3) is 0.746. The number of nitrogens with zero attached hydrogens (tertiary/aromatic N) is 8. The standard InChI is InChI=1S/C67H103ClF3N11O13/c1-12-42(2)56-62(91)78(8)38-54(85)76(6)39-55(86)79(9)50(36-43-21-14-13-15-22-43)60(89)77(7)37-53(84)72-48(29-27-44-26-28-46(47(68)35-44)67(69,70)71)59(88)82-33-20-25-49(82)58(87)74-66(31-18-19-32-66)64(93)81(11)57(45-23-16-17-24-45)63(92)80(10)51(40-95-41-65(3,4)94)61(90)75(5)34-30-52(83)73-56/h26,28,35,42-43,45,48-51,56-57,94H,12-25,27,29-34,36-41H2,1-11H3,(H,72,84)(H,73,83)(H,74,87)/t42-,48-,49-,50-,51-,56-,57-/m0/s1. The molecule has 532 valence electrons. The van der Waals surface area contributed by atoms with E-state index in [1.165, 1.54) is 93.7 Å². The third-order valence-corrected chi connectivity index (χ3v) is 20.3. The van der Waals surface area contributed by atoms with Crippen LogP contribution in [0.2, 0.25) is 5.02 Å². The minimum Gasteiger partial charge on any atom is -0.388 e. The number of aryl methyl sites for hydroxylation is 1. The van der Waals surface area contributed by atoms with Gasteiger partial charge in [0, 0.05) is 68.8 Å². The van der Waals surface area contributed by atoms with Crippen molar-refractivity contribution in [2.45, 2.75) is 210 Å². The molecule has 1 aromatic carbocycles. The minimum absolute atomic E-state index is 0.0274. The number of rotatable bonds is 12. The van der Waals surface area contributed by atoms with Crippen LogP contribution in [-0.4, -0.2) is 252 Å². The van der Waals surface area contributed by atoms with Crippen LogP contribution in [0, 0.1) is 17.8 Å². The van der Waals surface area contributed by atoms with Crippen LogP contribution in [0.25, 0.3) is 0 Å². The zero-order valence-corrected chi connectivity index (χ0v) is 58.2. The van der Waals surface area contributed by atoms with Crippen molar-refractivity contribution in [1.29, 1.82) is 0 Å². The molecule has 3 aliphatic carbocycles. The summed E-state index contributed by atoms with van der Waals surface area (Å²) in [6.45, 7) is 4.19. The molecule has 24 nitrogen and oxygen atoms in total. The Kier molecular flexibility index (Phi) is 27.7. The van der Waals surface area contributed by atoms with Gasteiger partial charge < -0.3 is 65.0 Å². The average Bonchev–Trinajstić information content (AvgIpc) is 1.73. The number of hydrogen-bond donors (Lipinski definition) is 4. The largest absolute Gasteiger partial charge is 0.417 e. The van der Waals surface area contributed by atoms with Crippen LogP contribution in [0.4, 0.5) is 13.2 Å². The molecule has 2 aliphatic heterocycles. The first-order valence-corrected chi connectivity index (χ1v) is 34.1. The maximum Gasteiger partial charge on any atom is 0.417 e. The molecule has 1 spiro atoms. The molecular weight excluding hydrogens is 1260 g/mol. The van der Waals surface area contributed by atoms with Gasteiger partial charge in [0.2, 0.25) is 65.0 Å². The molecule has 95 heavy (non-hydrogen) atoms. The highest BCUT2D eigenvalue weighted by atomic mass is 35.5. The Morgan fingerprint density at radius 2 is 1.27 bits per heavy atom. The van der Waals surface area contributed by atoms with Gasteiger partial charge in [0.1, 0.15) is 41.8 Å². The molecule has 1 aromatic rings. The van der Waals surface area contributed by atoms with Crippen molar-refractivity contribution in [3.8, 4) is 0 Å². The van der Waals surface area contributed by atoms with Crippen LogP contribution in [0.3, 0.4) is 0 Å². The van der Waals surface area contributed by atoms with Crippen LogP contribution in [-0.2, 0) is 70.1 Å². The lowest BCUT2D eigenvalue weighted by atomic mass is 9.84. The number of likely N-dealkylation sites (N-methyl/N-ethyl adjacent to an activating group) is 7. The van der Waals surface area contributed by atoms with Crippen molar-refractivity contribution in [3.63, 3.8) is 0 Å². The normalized spacial score (nSPS) is 26.0. The highest BCUT2D eigenvalue weighted by Gasteiger charge is 2.51. The van der Waals surface area contributed by atoms with Crippen LogP contribution >= 0.6 is 11.6 Å². The number of carbonyl (C=O) groups excluding carboxylic acids is 11. The zero-order chi connectivity index (χ0) is 70.4. The van der Waals surface area contributed by atoms with Gasteiger partial charge in [-0.15, -0.1) is 0 Å². The van der Waals surface area contributed by atoms with Gasteiger partial charge in [0.15, 0.2) is 0 Å². The van der Waals surface area contributed by atoms with Gasteiger partial charge in [-0.1, -0.05) is 95.7 Å². The lowest BCUT2D eigenvalue weighted by Gasteiger charge is -2.42. The SMILES string of the molecule is CC[C@H](C)[C@@H]1NC(=O)CCN(C)C(=O)[C@H](COCC(C)(C)O)N(C)C(=O)[C@H](C2CCCC2)N(C)C(=O)C2(CCCC2)NC(=O)[C@@H]2CCCN2C(=O)[C@H](CCc2ccc(C(F)(F)F)c(Cl)c2)NC(=O)CN(C)C(=O)[C@H](CC2CCCCC2)N(C)C(=O)CN(C)C(=O)CN(C)C1=O. The Morgan fingerprint density at radius 1 is 0.663 bits per heavy atom. The predicted octanol–water partition coefficient (Wildman–Crippen LogP) is 4.39. The molecule has 4 N–H and O–H groups in total. The van der Waals surface area contributed by atoms with Gasteiger partial charge >= 0.3 is 6.18 Å². The van der Waals surface area contributed by atoms with E-state index >= 15 is 14.4 Å². The fourth-order valence-corrected chi connectivity index (χ4v) is 14.3. The third kappa shape index (κ3) is 20.5. The van der Waals surface area contributed by atoms with Gasteiger partial charge in [0.05, 0.1) is 49.0 Å². The number of hydrogen-bond acceptors (Lipinski definition) is 13. The molecule has 5 aliphatic rings. The van der Waals surface area contributed by atoms with Crippen LogP contribution in [0.5, 0.6) is 0 Å². The minimum atomic E-state index is -4.76. The van der Waals surface area contributed by atoms with Gasteiger partial charge in [0.25, 0.3) is 0 Å². The third-order valence-electron chi connectivity index (χ3n) is 20.0. The lowest BCUT2D eigenvalue weighted by Crippen LogP contribution is -2.65. The Balaban J connectivity index is 1.39. The van der Waals surface area contributed by atoms with Gasteiger partial charge in [-0.05, 0) is 107 Å². The zero-order valence-electron chi connectivity index (χ0n) is 57.5. The number of alkyl halides is 3. The van der Waals surface area contributed by atoms with Crippen LogP contribution in [0.15, 0.2) is 18.2 Å². The topological polar surface area (TPSA) is 279 Å². The molecule has 6 rings (SSSR count). The Morgan fingerprint density at radius 3 is 1.88 bits per heavy atom. The summed E-state index contributed by atoms with van der Waals surface area (Å²) >= 11 is 6.14. The summed E-state index contributed by atoms with van der Waals surface area (Å²) in [7, 11) is 9.93. The fourth-order valence-electron chi connectivity index (χ4n) is 14.0. The van der Waals surface area contributed by atoms with Crippen molar-refractivity contribution >= 4 is 76.6 Å². The second-order valence-electron chi connectivity index (χ2n) is 28.0. The van der Waals surface area contributed by atoms with Crippen molar-refractivity contribution in [2.24, 2.45) is 17.8 Å². The first-order chi connectivity index (χ1) is 44.6. The van der Waals surface area contributed by atoms with Crippen molar-refractivity contribution in [1.82, 2.24) is 55.1 Å². The number of aliphatic hydroxyl groups is 1. The van der Waals surface area contributed by atoms with E-state index in [1.807, 2.05) is 6.92 Å². The molecular formula is C67H103ClF3N11O13. The lowest BCUT2D eigenvalue weighted by molar-refractivity contribution is -0.156. The number of halogens is 4. The summed E-state index contributed by atoms with van der Waals surface area (Å²) in [5.41, 5.74) is -3.66. The number of carbonyl (C=O) groups is 11. The summed E-state index contributed by atoms with van der Waals surface area (Å²) in [5, 5.41) is 18.7. The van der Waals surface area contributed by atoms with E-state index in [0.717, 1.165) is 71.8 Å². The van der Waals surface area contributed by atoms with Crippen LogP contribution < -0.4 is 16.0 Å². The van der Waals surface area contributed by atoms with E-state index < -0.39 is 161 Å². The second-order valence-corrected chi connectivity index (χ2v) is 28.4. The van der Waals surface area contributed by atoms with E-state index in [2.05, 4.69) is 16.0 Å². The Hall–Kier alpha value is -6.61. The molecule has 2 heterocycles. The summed E-state index contributed by atoms with van der Waals surface area (Å²) in [5.74, 6) is -7.85. The second kappa shape index (κ2) is 34.1. The molecule has 2 saturated heterocycles. The molecule has 0 radical (unpaired) electrons. The maximum absolute atomic E-state index is 15.5. The highest BCUT2D eigenvalue weighted by molar-refractivity contribution is 6.31. The Labute approximate surface area is 562 Å². The quantitative estimate of drug-likeness (QED) is 0.226. The van der Waals surface area contributed by atoms with Crippen molar-refractivity contribution in [3.05, 3.63) is 34.3 Å². The number of amides is 11. The summed E-state index contributed by atoms with van der Waals surface area (Å²) in [6, 6.07) is -4.17. The number of nitrogens with one attached hydrogen (secondary N) is 3. The van der Waals surface area contributed by atoms with Gasteiger partial charge in [-0.3, -0.25) is 52.7 Å². The van der Waals surface area contributed by atoms with E-state index in [9.17, 15) is 56.6 Å². The molecule has 5 fully saturated rings. The van der Waals surface area contributed by atoms with Crippen molar-refractivity contribution < 1.29 is 75.8 Å². The van der Waals surface area contributed by atoms with E-state index in [4.69, 9.17) is 16.3 Å². The van der Waals surface area contributed by atoms with E-state index in [-0.39, 0.29) is 76.5 Å². The molecule has 7 atom stereocenters. The summed E-state index contributed by atoms with van der Waals surface area (Å²) in [4.78, 5) is 171. The maximum atomic E-state index is 15.5. The smallest absolute Gasteiger partial charge is 0.388 e. The van der Waals surface area contributed by atoms with Crippen LogP contribution in [0.1, 0.15) is 161 Å².